The SMILES string of the molecule is CCOc1cc(CCl)ccc1OCC1CC1. The Bertz CT molecular complexity index is 348. The van der Waals surface area contributed by atoms with Gasteiger partial charge in [0, 0.05) is 5.88 Å². The lowest BCUT2D eigenvalue weighted by molar-refractivity contribution is 0.266. The minimum absolute atomic E-state index is 0.503. The maximum atomic E-state index is 5.79. The number of halogens is 1. The van der Waals surface area contributed by atoms with Crippen LogP contribution < -0.4 is 9.47 Å². The highest BCUT2D eigenvalue weighted by atomic mass is 35.5. The summed E-state index contributed by atoms with van der Waals surface area (Å²) < 4.78 is 11.3. The predicted octanol–water partition coefficient (Wildman–Crippen LogP) is 3.61. The van der Waals surface area contributed by atoms with Crippen molar-refractivity contribution in [2.75, 3.05) is 13.2 Å². The zero-order valence-electron chi connectivity index (χ0n) is 9.54. The molecule has 88 valence electrons. The van der Waals surface area contributed by atoms with Crippen molar-refractivity contribution in [3.63, 3.8) is 0 Å². The molecule has 2 rings (SSSR count). The van der Waals surface area contributed by atoms with Gasteiger partial charge in [0.25, 0.3) is 0 Å². The van der Waals surface area contributed by atoms with E-state index in [2.05, 4.69) is 0 Å². The summed E-state index contributed by atoms with van der Waals surface area (Å²) in [6.45, 7) is 3.42. The first-order valence-corrected chi connectivity index (χ1v) is 6.31. The molecule has 16 heavy (non-hydrogen) atoms. The normalized spacial score (nSPS) is 14.9. The lowest BCUT2D eigenvalue weighted by Gasteiger charge is -2.12. The molecule has 1 aromatic carbocycles. The van der Waals surface area contributed by atoms with Gasteiger partial charge in [-0.05, 0) is 43.4 Å². The summed E-state index contributed by atoms with van der Waals surface area (Å²) in [6.07, 6.45) is 2.59. The van der Waals surface area contributed by atoms with Gasteiger partial charge in [-0.1, -0.05) is 6.07 Å². The van der Waals surface area contributed by atoms with Crippen molar-refractivity contribution in [3.8, 4) is 11.5 Å². The Kier molecular flexibility index (Phi) is 3.94. The summed E-state index contributed by atoms with van der Waals surface area (Å²) in [7, 11) is 0. The molecule has 2 nitrogen and oxygen atoms in total. The van der Waals surface area contributed by atoms with Crippen LogP contribution in [0.4, 0.5) is 0 Å². The van der Waals surface area contributed by atoms with Gasteiger partial charge in [-0.3, -0.25) is 0 Å². The molecule has 0 amide bonds. The molecule has 0 bridgehead atoms. The Morgan fingerprint density at radius 1 is 1.25 bits per heavy atom. The van der Waals surface area contributed by atoms with Gasteiger partial charge in [-0.25, -0.2) is 0 Å². The van der Waals surface area contributed by atoms with Crippen molar-refractivity contribution in [3.05, 3.63) is 23.8 Å². The summed E-state index contributed by atoms with van der Waals surface area (Å²) in [4.78, 5) is 0. The van der Waals surface area contributed by atoms with E-state index in [-0.39, 0.29) is 0 Å². The molecule has 0 aliphatic heterocycles. The highest BCUT2D eigenvalue weighted by molar-refractivity contribution is 6.17. The third kappa shape index (κ3) is 3.05. The average molecular weight is 241 g/mol. The van der Waals surface area contributed by atoms with Crippen LogP contribution in [-0.4, -0.2) is 13.2 Å². The minimum atomic E-state index is 0.503. The van der Waals surface area contributed by atoms with E-state index >= 15 is 0 Å². The minimum Gasteiger partial charge on any atom is -0.490 e. The zero-order valence-corrected chi connectivity index (χ0v) is 10.3. The maximum absolute atomic E-state index is 5.79. The fraction of sp³-hybridized carbons (Fsp3) is 0.538. The van der Waals surface area contributed by atoms with Crippen molar-refractivity contribution in [2.24, 2.45) is 5.92 Å². The Morgan fingerprint density at radius 3 is 2.69 bits per heavy atom. The second kappa shape index (κ2) is 5.44. The van der Waals surface area contributed by atoms with Gasteiger partial charge in [0.05, 0.1) is 13.2 Å². The Balaban J connectivity index is 2.06. The molecule has 0 aromatic heterocycles. The molecule has 1 aliphatic carbocycles. The van der Waals surface area contributed by atoms with Gasteiger partial charge in [0.2, 0.25) is 0 Å². The average Bonchev–Trinajstić information content (AvgIpc) is 3.11. The molecule has 0 N–H and O–H groups in total. The Hall–Kier alpha value is -0.890. The quantitative estimate of drug-likeness (QED) is 0.708. The summed E-state index contributed by atoms with van der Waals surface area (Å²) >= 11 is 5.79. The first-order chi connectivity index (χ1) is 7.83. The number of hydrogen-bond donors (Lipinski definition) is 0. The van der Waals surface area contributed by atoms with Crippen molar-refractivity contribution < 1.29 is 9.47 Å². The molecule has 0 atom stereocenters. The summed E-state index contributed by atoms with van der Waals surface area (Å²) in [5.74, 6) is 2.90. The lowest BCUT2D eigenvalue weighted by atomic mass is 10.2. The van der Waals surface area contributed by atoms with E-state index in [4.69, 9.17) is 21.1 Å². The van der Waals surface area contributed by atoms with Gasteiger partial charge in [-0.15, -0.1) is 11.6 Å². The maximum Gasteiger partial charge on any atom is 0.161 e. The highest BCUT2D eigenvalue weighted by Gasteiger charge is 2.22. The van der Waals surface area contributed by atoms with Crippen LogP contribution in [0.3, 0.4) is 0 Å². The second-order valence-electron chi connectivity index (χ2n) is 4.10. The number of benzene rings is 1. The van der Waals surface area contributed by atoms with Gasteiger partial charge in [-0.2, -0.15) is 0 Å². The van der Waals surface area contributed by atoms with Crippen LogP contribution in [0.25, 0.3) is 0 Å². The van der Waals surface area contributed by atoms with Crippen molar-refractivity contribution in [2.45, 2.75) is 25.6 Å². The van der Waals surface area contributed by atoms with E-state index in [0.717, 1.165) is 29.6 Å². The van der Waals surface area contributed by atoms with Gasteiger partial charge in [0.15, 0.2) is 11.5 Å². The Labute approximate surface area is 102 Å². The van der Waals surface area contributed by atoms with Crippen LogP contribution in [0.2, 0.25) is 0 Å². The third-order valence-corrected chi connectivity index (χ3v) is 2.94. The molecular formula is C13H17ClO2. The van der Waals surface area contributed by atoms with E-state index in [9.17, 15) is 0 Å². The highest BCUT2D eigenvalue weighted by Crippen LogP contribution is 2.33. The molecule has 0 unspecified atom stereocenters. The molecule has 1 aromatic rings. The molecule has 0 heterocycles. The molecular weight excluding hydrogens is 224 g/mol. The summed E-state index contributed by atoms with van der Waals surface area (Å²) in [5, 5.41) is 0. The fourth-order valence-electron chi connectivity index (χ4n) is 1.52. The van der Waals surface area contributed by atoms with Crippen LogP contribution in [0, 0.1) is 5.92 Å². The standard InChI is InChI=1S/C13H17ClO2/c1-2-15-13-7-11(8-14)5-6-12(13)16-9-10-3-4-10/h5-7,10H,2-4,8-9H2,1H3. The molecule has 0 radical (unpaired) electrons. The number of rotatable bonds is 6. The Morgan fingerprint density at radius 2 is 2.06 bits per heavy atom. The first-order valence-electron chi connectivity index (χ1n) is 5.78. The first kappa shape index (κ1) is 11.6. The fourth-order valence-corrected chi connectivity index (χ4v) is 1.68. The van der Waals surface area contributed by atoms with Crippen LogP contribution in [0.5, 0.6) is 11.5 Å². The van der Waals surface area contributed by atoms with E-state index < -0.39 is 0 Å². The zero-order chi connectivity index (χ0) is 11.4. The lowest BCUT2D eigenvalue weighted by Crippen LogP contribution is -2.02. The van der Waals surface area contributed by atoms with Crippen molar-refractivity contribution in [1.82, 2.24) is 0 Å². The van der Waals surface area contributed by atoms with Crippen LogP contribution in [0.1, 0.15) is 25.3 Å². The smallest absolute Gasteiger partial charge is 0.161 e. The number of hydrogen-bond acceptors (Lipinski definition) is 2. The van der Waals surface area contributed by atoms with Crippen molar-refractivity contribution in [1.29, 1.82) is 0 Å². The van der Waals surface area contributed by atoms with Gasteiger partial charge >= 0.3 is 0 Å². The molecule has 0 spiro atoms. The molecule has 1 aliphatic rings. The summed E-state index contributed by atoms with van der Waals surface area (Å²) in [5.41, 5.74) is 1.06. The number of ether oxygens (including phenoxy) is 2. The van der Waals surface area contributed by atoms with Crippen LogP contribution in [-0.2, 0) is 5.88 Å². The van der Waals surface area contributed by atoms with Crippen molar-refractivity contribution >= 4 is 11.6 Å². The molecule has 1 fully saturated rings. The van der Waals surface area contributed by atoms with Crippen LogP contribution in [0.15, 0.2) is 18.2 Å². The van der Waals surface area contributed by atoms with E-state index in [1.54, 1.807) is 0 Å². The monoisotopic (exact) mass is 240 g/mol. The molecule has 0 saturated heterocycles. The predicted molar refractivity (Wildman–Crippen MR) is 65.4 cm³/mol. The van der Waals surface area contributed by atoms with E-state index in [0.29, 0.717) is 12.5 Å². The topological polar surface area (TPSA) is 18.5 Å². The number of alkyl halides is 1. The van der Waals surface area contributed by atoms with E-state index in [1.807, 2.05) is 25.1 Å². The summed E-state index contributed by atoms with van der Waals surface area (Å²) in [6, 6.07) is 5.89. The van der Waals surface area contributed by atoms with Gasteiger partial charge in [0.1, 0.15) is 0 Å². The second-order valence-corrected chi connectivity index (χ2v) is 4.37. The molecule has 3 heteroatoms. The molecule has 1 saturated carbocycles. The van der Waals surface area contributed by atoms with E-state index in [1.165, 1.54) is 12.8 Å². The van der Waals surface area contributed by atoms with Crippen LogP contribution >= 0.6 is 11.6 Å². The third-order valence-electron chi connectivity index (χ3n) is 2.63. The van der Waals surface area contributed by atoms with Gasteiger partial charge < -0.3 is 9.47 Å². The largest absolute Gasteiger partial charge is 0.490 e.